The lowest BCUT2D eigenvalue weighted by atomic mass is 9.91. The van der Waals surface area contributed by atoms with E-state index in [9.17, 15) is 9.32 Å². The first-order valence-corrected chi connectivity index (χ1v) is 9.63. The molecule has 1 aromatic carbocycles. The third-order valence-electron chi connectivity index (χ3n) is 4.44. The van der Waals surface area contributed by atoms with Crippen LogP contribution in [-0.4, -0.2) is 39.0 Å². The number of rotatable bonds is 3. The molecule has 2 fully saturated rings. The number of benzene rings is 1. The van der Waals surface area contributed by atoms with Gasteiger partial charge in [-0.1, -0.05) is 30.3 Å². The molecule has 1 unspecified atom stereocenters. The first kappa shape index (κ1) is 15.0. The molecule has 5 heteroatoms. The summed E-state index contributed by atoms with van der Waals surface area (Å²) in [4.78, 5) is 1.01. The molecule has 116 valence electrons. The van der Waals surface area contributed by atoms with Crippen LogP contribution in [0.5, 0.6) is 0 Å². The normalized spacial score (nSPS) is 31.3. The molecule has 0 saturated carbocycles. The van der Waals surface area contributed by atoms with E-state index in [4.69, 9.17) is 0 Å². The Hall–Kier alpha value is -0.880. The van der Waals surface area contributed by atoms with Crippen molar-refractivity contribution >= 4 is 14.5 Å². The molecule has 2 aliphatic rings. The van der Waals surface area contributed by atoms with Gasteiger partial charge >= 0.3 is 0 Å². The van der Waals surface area contributed by atoms with Crippen molar-refractivity contribution in [1.29, 1.82) is 0 Å². The van der Waals surface area contributed by atoms with Crippen LogP contribution in [0.2, 0.25) is 0 Å². The van der Waals surface area contributed by atoms with Gasteiger partial charge in [-0.05, 0) is 24.8 Å². The minimum Gasteiger partial charge on any atom is -0.388 e. The summed E-state index contributed by atoms with van der Waals surface area (Å²) in [6, 6.07) is 9.76. The fraction of sp³-hybridized carbons (Fsp3) is 0.562. The molecule has 21 heavy (non-hydrogen) atoms. The van der Waals surface area contributed by atoms with E-state index < -0.39 is 15.6 Å². The number of aliphatic hydroxyl groups is 1. The molecule has 3 N–H and O–H groups in total. The number of piperidine rings is 1. The Morgan fingerprint density at radius 2 is 2.10 bits per heavy atom. The van der Waals surface area contributed by atoms with Gasteiger partial charge in [-0.15, -0.1) is 0 Å². The molecule has 1 aromatic rings. The predicted molar refractivity (Wildman–Crippen MR) is 87.6 cm³/mol. The maximum absolute atomic E-state index is 13.0. The predicted octanol–water partition coefficient (Wildman–Crippen LogP) is 1.08. The molecule has 0 aliphatic carbocycles. The van der Waals surface area contributed by atoms with Crippen molar-refractivity contribution < 1.29 is 9.32 Å². The molecule has 0 aromatic heterocycles. The lowest BCUT2D eigenvalue weighted by molar-refractivity contribution is 0.152. The van der Waals surface area contributed by atoms with E-state index in [1.165, 1.54) is 0 Å². The molecular formula is C16H24N2O2S. The van der Waals surface area contributed by atoms with Crippen LogP contribution < -0.4 is 10.6 Å². The third-order valence-corrected chi connectivity index (χ3v) is 7.25. The number of aliphatic hydroxyl groups excluding tert-OH is 1. The Morgan fingerprint density at radius 1 is 1.29 bits per heavy atom. The van der Waals surface area contributed by atoms with Crippen LogP contribution in [0.1, 0.15) is 30.9 Å². The molecule has 4 nitrogen and oxygen atoms in total. The van der Waals surface area contributed by atoms with Gasteiger partial charge in [-0.2, -0.15) is 0 Å². The van der Waals surface area contributed by atoms with Crippen molar-refractivity contribution in [3.63, 3.8) is 0 Å². The van der Waals surface area contributed by atoms with Gasteiger partial charge in [-0.25, -0.2) is 0 Å². The standard InChI is InChI=1S/C16H24N2O2S/c19-15(13-5-2-1-3-6-13)11-14-7-4-8-18-16(14)21(20)10-9-17-12-21/h1-3,5-6,14-15,17-19H,4,7-12H2/t14-,15-,21?/m0/s1. The Balaban J connectivity index is 1.81. The number of hydrogen-bond donors (Lipinski definition) is 3. The van der Waals surface area contributed by atoms with Crippen LogP contribution in [0.4, 0.5) is 0 Å². The monoisotopic (exact) mass is 308 g/mol. The summed E-state index contributed by atoms with van der Waals surface area (Å²) < 4.78 is 13.0. The zero-order valence-corrected chi connectivity index (χ0v) is 13.1. The Bertz CT molecular complexity index is 582. The first-order valence-electron chi connectivity index (χ1n) is 7.73. The fourth-order valence-corrected chi connectivity index (χ4v) is 5.96. The summed E-state index contributed by atoms with van der Waals surface area (Å²) >= 11 is 0. The van der Waals surface area contributed by atoms with Crippen LogP contribution in [0.3, 0.4) is 0 Å². The average molecular weight is 308 g/mol. The van der Waals surface area contributed by atoms with Crippen molar-refractivity contribution in [3.05, 3.63) is 35.9 Å². The van der Waals surface area contributed by atoms with Crippen molar-refractivity contribution in [3.8, 4) is 0 Å². The Labute approximate surface area is 127 Å². The van der Waals surface area contributed by atoms with Gasteiger partial charge < -0.3 is 10.4 Å². The van der Waals surface area contributed by atoms with Gasteiger partial charge in [0.25, 0.3) is 0 Å². The summed E-state index contributed by atoms with van der Waals surface area (Å²) in [5.41, 5.74) is 0.946. The van der Waals surface area contributed by atoms with Crippen LogP contribution in [0.25, 0.3) is 0 Å². The second kappa shape index (κ2) is 6.48. The minimum atomic E-state index is -1.95. The summed E-state index contributed by atoms with van der Waals surface area (Å²) in [5, 5.41) is 17.1. The number of hydrogen-bond acceptors (Lipinski definition) is 3. The second-order valence-electron chi connectivity index (χ2n) is 5.95. The molecule has 0 amide bonds. The topological polar surface area (TPSA) is 61.4 Å². The lowest BCUT2D eigenvalue weighted by Crippen LogP contribution is -2.43. The molecule has 2 aliphatic heterocycles. The van der Waals surface area contributed by atoms with Crippen molar-refractivity contribution in [2.75, 3.05) is 24.7 Å². The molecule has 2 saturated heterocycles. The zero-order chi connectivity index (χ0) is 14.7. The summed E-state index contributed by atoms with van der Waals surface area (Å²) in [7, 11) is -1.95. The summed E-state index contributed by atoms with van der Waals surface area (Å²) in [5.74, 6) is 1.53. The second-order valence-corrected chi connectivity index (χ2v) is 8.71. The largest absolute Gasteiger partial charge is 0.388 e. The molecule has 0 spiro atoms. The highest BCUT2D eigenvalue weighted by Crippen LogP contribution is 2.27. The number of nitrogens with one attached hydrogen (secondary N) is 2. The molecule has 2 heterocycles. The van der Waals surface area contributed by atoms with E-state index in [-0.39, 0.29) is 5.92 Å². The summed E-state index contributed by atoms with van der Waals surface area (Å²) in [6.45, 7) is 1.74. The zero-order valence-electron chi connectivity index (χ0n) is 12.3. The van der Waals surface area contributed by atoms with Crippen LogP contribution in [0.15, 0.2) is 30.3 Å². The van der Waals surface area contributed by atoms with E-state index in [1.54, 1.807) is 0 Å². The van der Waals surface area contributed by atoms with E-state index in [2.05, 4.69) is 10.6 Å². The van der Waals surface area contributed by atoms with Crippen molar-refractivity contribution in [2.24, 2.45) is 5.92 Å². The highest BCUT2D eigenvalue weighted by Gasteiger charge is 2.30. The van der Waals surface area contributed by atoms with Crippen LogP contribution >= 0.6 is 0 Å². The van der Waals surface area contributed by atoms with E-state index >= 15 is 0 Å². The van der Waals surface area contributed by atoms with E-state index in [0.717, 1.165) is 42.2 Å². The van der Waals surface area contributed by atoms with Gasteiger partial charge in [-0.3, -0.25) is 9.53 Å². The maximum Gasteiger partial charge on any atom is 0.0796 e. The highest BCUT2D eigenvalue weighted by atomic mass is 32.2. The van der Waals surface area contributed by atoms with Crippen molar-refractivity contribution in [2.45, 2.75) is 25.4 Å². The molecule has 3 atom stereocenters. The first-order chi connectivity index (χ1) is 10.2. The average Bonchev–Trinajstić information content (AvgIpc) is 2.96. The molecule has 3 rings (SSSR count). The fourth-order valence-electron chi connectivity index (χ4n) is 3.31. The van der Waals surface area contributed by atoms with Gasteiger partial charge in [0, 0.05) is 39.3 Å². The Kier molecular flexibility index (Phi) is 4.64. The molecule has 0 radical (unpaired) electrons. The summed E-state index contributed by atoms with van der Waals surface area (Å²) in [6.07, 6.45) is 2.27. The highest BCUT2D eigenvalue weighted by molar-refractivity contribution is 8.02. The quantitative estimate of drug-likeness (QED) is 0.732. The van der Waals surface area contributed by atoms with E-state index in [0.29, 0.717) is 12.3 Å². The van der Waals surface area contributed by atoms with Crippen LogP contribution in [-0.2, 0) is 9.52 Å². The Morgan fingerprint density at radius 3 is 2.81 bits per heavy atom. The van der Waals surface area contributed by atoms with E-state index in [1.807, 2.05) is 30.3 Å². The van der Waals surface area contributed by atoms with Gasteiger partial charge in [0.15, 0.2) is 0 Å². The smallest absolute Gasteiger partial charge is 0.0796 e. The van der Waals surface area contributed by atoms with Gasteiger partial charge in [0.1, 0.15) is 0 Å². The maximum atomic E-state index is 13.0. The minimum absolute atomic E-state index is 0.210. The van der Waals surface area contributed by atoms with Crippen LogP contribution in [0, 0.1) is 5.92 Å². The SMILES string of the molecule is O=S1(=C2NCCC[C@H]2C[C@H](O)c2ccccc2)CCNC1. The molecule has 0 bridgehead atoms. The van der Waals surface area contributed by atoms with Gasteiger partial charge in [0.05, 0.1) is 12.0 Å². The third kappa shape index (κ3) is 3.31. The molecular weight excluding hydrogens is 284 g/mol. The lowest BCUT2D eigenvalue weighted by Gasteiger charge is -2.30. The van der Waals surface area contributed by atoms with Gasteiger partial charge in [0.2, 0.25) is 0 Å². The van der Waals surface area contributed by atoms with Crippen molar-refractivity contribution in [1.82, 2.24) is 10.6 Å².